The molecule has 6 nitrogen and oxygen atoms in total. The molecule has 0 aliphatic carbocycles. The number of halogens is 1. The maximum Gasteiger partial charge on any atom is 0.304 e. The maximum absolute atomic E-state index is 13.4. The predicted molar refractivity (Wildman–Crippen MR) is 68.1 cm³/mol. The summed E-state index contributed by atoms with van der Waals surface area (Å²) in [6.07, 6.45) is 0. The molecule has 7 heteroatoms. The highest BCUT2D eigenvalue weighted by atomic mass is 19.1. The van der Waals surface area contributed by atoms with Gasteiger partial charge in [0.1, 0.15) is 0 Å². The van der Waals surface area contributed by atoms with Crippen LogP contribution in [-0.4, -0.2) is 48.3 Å². The Morgan fingerprint density at radius 1 is 1.37 bits per heavy atom. The number of hydrogen-bond donors (Lipinski definition) is 0. The summed E-state index contributed by atoms with van der Waals surface area (Å²) < 4.78 is 13.4. The Kier molecular flexibility index (Phi) is 4.94. The van der Waals surface area contributed by atoms with E-state index in [1.165, 1.54) is 11.0 Å². The van der Waals surface area contributed by atoms with Crippen molar-refractivity contribution < 1.29 is 14.1 Å². The van der Waals surface area contributed by atoms with Gasteiger partial charge in [0.25, 0.3) is 0 Å². The van der Waals surface area contributed by atoms with Crippen molar-refractivity contribution in [2.75, 3.05) is 27.7 Å². The molecule has 1 amide bonds. The molecule has 0 aliphatic heterocycles. The first-order chi connectivity index (χ1) is 8.81. The number of carbonyl (C=O) groups excluding carboxylic acids is 1. The molecule has 0 saturated carbocycles. The highest BCUT2D eigenvalue weighted by Gasteiger charge is 2.15. The summed E-state index contributed by atoms with van der Waals surface area (Å²) in [6.45, 7) is 0.542. The molecular formula is C12H16FN3O3. The molecule has 0 atom stereocenters. The van der Waals surface area contributed by atoms with Crippen LogP contribution in [0.2, 0.25) is 0 Å². The molecule has 0 bridgehead atoms. The highest BCUT2D eigenvalue weighted by molar-refractivity contribution is 5.77. The molecule has 1 rings (SSSR count). The van der Waals surface area contributed by atoms with Gasteiger partial charge in [-0.05, 0) is 18.7 Å². The van der Waals surface area contributed by atoms with E-state index in [0.29, 0.717) is 12.1 Å². The minimum Gasteiger partial charge on any atom is -0.348 e. The largest absolute Gasteiger partial charge is 0.348 e. The number of nitro benzene ring substituents is 1. The number of benzene rings is 1. The van der Waals surface area contributed by atoms with E-state index in [1.807, 2.05) is 0 Å². The molecular weight excluding hydrogens is 253 g/mol. The molecule has 0 aliphatic rings. The van der Waals surface area contributed by atoms with E-state index in [9.17, 15) is 19.3 Å². The first-order valence-electron chi connectivity index (χ1n) is 5.62. The number of rotatable bonds is 5. The van der Waals surface area contributed by atoms with Crippen LogP contribution in [0.5, 0.6) is 0 Å². The second-order valence-electron chi connectivity index (χ2n) is 4.50. The predicted octanol–water partition coefficient (Wildman–Crippen LogP) is 1.25. The summed E-state index contributed by atoms with van der Waals surface area (Å²) in [7, 11) is 5.03. The van der Waals surface area contributed by atoms with Crippen LogP contribution in [0.1, 0.15) is 5.56 Å². The average Bonchev–Trinajstić information content (AvgIpc) is 2.27. The molecule has 0 fully saturated rings. The van der Waals surface area contributed by atoms with Crippen LogP contribution in [0.4, 0.5) is 10.1 Å². The molecule has 0 N–H and O–H groups in total. The van der Waals surface area contributed by atoms with Crippen molar-refractivity contribution in [2.45, 2.75) is 6.54 Å². The van der Waals surface area contributed by atoms with Gasteiger partial charge < -0.3 is 4.90 Å². The van der Waals surface area contributed by atoms with E-state index in [0.717, 1.165) is 12.1 Å². The first-order valence-corrected chi connectivity index (χ1v) is 5.62. The summed E-state index contributed by atoms with van der Waals surface area (Å²) in [5.74, 6) is -0.931. The standard InChI is InChI=1S/C12H16FN3O3/c1-14(2)12(17)8-15(3)7-9-4-5-11(16(18)19)10(13)6-9/h4-6H,7-8H2,1-3H3. The van der Waals surface area contributed by atoms with E-state index >= 15 is 0 Å². The highest BCUT2D eigenvalue weighted by Crippen LogP contribution is 2.18. The quantitative estimate of drug-likeness (QED) is 0.596. The van der Waals surface area contributed by atoms with Crippen LogP contribution in [0.15, 0.2) is 18.2 Å². The van der Waals surface area contributed by atoms with Gasteiger partial charge in [0.05, 0.1) is 11.5 Å². The van der Waals surface area contributed by atoms with Crippen molar-refractivity contribution in [3.63, 3.8) is 0 Å². The number of likely N-dealkylation sites (N-methyl/N-ethyl adjacent to an activating group) is 2. The van der Waals surface area contributed by atoms with Gasteiger partial charge in [0.2, 0.25) is 11.7 Å². The SMILES string of the molecule is CN(CC(=O)N(C)C)Cc1ccc([N+](=O)[O-])c(F)c1. The van der Waals surface area contributed by atoms with Crippen LogP contribution >= 0.6 is 0 Å². The molecule has 104 valence electrons. The summed E-state index contributed by atoms with van der Waals surface area (Å²) >= 11 is 0. The van der Waals surface area contributed by atoms with Gasteiger partial charge in [0.15, 0.2) is 0 Å². The van der Waals surface area contributed by atoms with Gasteiger partial charge in [-0.25, -0.2) is 0 Å². The molecule has 1 aromatic carbocycles. The van der Waals surface area contributed by atoms with E-state index in [4.69, 9.17) is 0 Å². The van der Waals surface area contributed by atoms with Crippen molar-refractivity contribution in [3.05, 3.63) is 39.7 Å². The van der Waals surface area contributed by atoms with Gasteiger partial charge >= 0.3 is 5.69 Å². The van der Waals surface area contributed by atoms with Crippen LogP contribution in [0.25, 0.3) is 0 Å². The Labute approximate surface area is 110 Å². The van der Waals surface area contributed by atoms with E-state index in [1.54, 1.807) is 26.0 Å². The third-order valence-corrected chi connectivity index (χ3v) is 2.57. The summed E-state index contributed by atoms with van der Waals surface area (Å²) in [5, 5.41) is 10.5. The van der Waals surface area contributed by atoms with Gasteiger partial charge in [-0.15, -0.1) is 0 Å². The van der Waals surface area contributed by atoms with Crippen molar-refractivity contribution in [1.82, 2.24) is 9.80 Å². The monoisotopic (exact) mass is 269 g/mol. The zero-order valence-electron chi connectivity index (χ0n) is 11.1. The lowest BCUT2D eigenvalue weighted by molar-refractivity contribution is -0.387. The fourth-order valence-corrected chi connectivity index (χ4v) is 1.54. The van der Waals surface area contributed by atoms with E-state index < -0.39 is 16.4 Å². The zero-order valence-corrected chi connectivity index (χ0v) is 11.1. The third-order valence-electron chi connectivity index (χ3n) is 2.57. The molecule has 19 heavy (non-hydrogen) atoms. The first kappa shape index (κ1) is 15.0. The van der Waals surface area contributed by atoms with Crippen molar-refractivity contribution >= 4 is 11.6 Å². The van der Waals surface area contributed by atoms with Crippen molar-refractivity contribution in [1.29, 1.82) is 0 Å². The smallest absolute Gasteiger partial charge is 0.304 e. The summed E-state index contributed by atoms with van der Waals surface area (Å²) in [5.41, 5.74) is 0.0351. The Hall–Kier alpha value is -2.02. The molecule has 0 aromatic heterocycles. The fourth-order valence-electron chi connectivity index (χ4n) is 1.54. The number of amides is 1. The fraction of sp³-hybridized carbons (Fsp3) is 0.417. The molecule has 0 radical (unpaired) electrons. The molecule has 0 heterocycles. The second-order valence-corrected chi connectivity index (χ2v) is 4.50. The van der Waals surface area contributed by atoms with Crippen LogP contribution in [0, 0.1) is 15.9 Å². The van der Waals surface area contributed by atoms with Crippen LogP contribution in [-0.2, 0) is 11.3 Å². The van der Waals surface area contributed by atoms with Crippen molar-refractivity contribution in [3.8, 4) is 0 Å². The number of nitro groups is 1. The van der Waals surface area contributed by atoms with Gasteiger partial charge in [-0.3, -0.25) is 19.8 Å². The van der Waals surface area contributed by atoms with E-state index in [-0.39, 0.29) is 12.5 Å². The number of carbonyl (C=O) groups is 1. The minimum absolute atomic E-state index is 0.0649. The summed E-state index contributed by atoms with van der Waals surface area (Å²) in [4.78, 5) is 24.4. The van der Waals surface area contributed by atoms with Crippen LogP contribution < -0.4 is 0 Å². The zero-order chi connectivity index (χ0) is 14.6. The van der Waals surface area contributed by atoms with Gasteiger partial charge in [-0.2, -0.15) is 4.39 Å². The lowest BCUT2D eigenvalue weighted by atomic mass is 10.2. The molecule has 1 aromatic rings. The normalized spacial score (nSPS) is 10.6. The van der Waals surface area contributed by atoms with Crippen LogP contribution in [0.3, 0.4) is 0 Å². The maximum atomic E-state index is 13.4. The Balaban J connectivity index is 2.70. The molecule has 0 spiro atoms. The lowest BCUT2D eigenvalue weighted by Gasteiger charge is -2.18. The summed E-state index contributed by atoms with van der Waals surface area (Å²) in [6, 6.07) is 3.74. The number of hydrogen-bond acceptors (Lipinski definition) is 4. The average molecular weight is 269 g/mol. The van der Waals surface area contributed by atoms with Crippen molar-refractivity contribution in [2.24, 2.45) is 0 Å². The number of nitrogens with zero attached hydrogens (tertiary/aromatic N) is 3. The Morgan fingerprint density at radius 3 is 2.47 bits per heavy atom. The third kappa shape index (κ3) is 4.29. The topological polar surface area (TPSA) is 66.7 Å². The molecule has 0 unspecified atom stereocenters. The Bertz CT molecular complexity index is 491. The minimum atomic E-state index is -0.866. The second kappa shape index (κ2) is 6.24. The van der Waals surface area contributed by atoms with Gasteiger partial charge in [-0.1, -0.05) is 6.07 Å². The lowest BCUT2D eigenvalue weighted by Crippen LogP contribution is -2.34. The van der Waals surface area contributed by atoms with Gasteiger partial charge in [0, 0.05) is 26.7 Å². The van der Waals surface area contributed by atoms with E-state index in [2.05, 4.69) is 0 Å². The molecule has 0 saturated heterocycles. The Morgan fingerprint density at radius 2 is 2.00 bits per heavy atom.